The molecule has 0 radical (unpaired) electrons. The molecule has 3 aliphatic heterocycles. The van der Waals surface area contributed by atoms with Crippen LogP contribution in [0.5, 0.6) is 5.75 Å². The molecule has 0 N–H and O–H groups in total. The number of ether oxygens (including phenoxy) is 2. The van der Waals surface area contributed by atoms with Gasteiger partial charge in [-0.25, -0.2) is 0 Å². The molecule has 126 valence electrons. The lowest BCUT2D eigenvalue weighted by atomic mass is 9.81. The normalized spacial score (nSPS) is 33.2. The SMILES string of the molecule is C=CCN1C[C@@H]2C[C@]3(COc4cc(C)cc(C)c4)C=C[C@]2(O3)C1=O. The number of amides is 1. The Balaban J connectivity index is 1.49. The van der Waals surface area contributed by atoms with Gasteiger partial charge in [0.15, 0.2) is 5.60 Å². The predicted molar refractivity (Wildman–Crippen MR) is 92.0 cm³/mol. The smallest absolute Gasteiger partial charge is 0.259 e. The van der Waals surface area contributed by atoms with E-state index in [4.69, 9.17) is 9.47 Å². The van der Waals surface area contributed by atoms with Crippen molar-refractivity contribution in [3.8, 4) is 5.75 Å². The Morgan fingerprint density at radius 3 is 2.75 bits per heavy atom. The fraction of sp³-hybridized carbons (Fsp3) is 0.450. The van der Waals surface area contributed by atoms with Crippen LogP contribution in [-0.4, -0.2) is 41.7 Å². The first-order valence-corrected chi connectivity index (χ1v) is 8.48. The van der Waals surface area contributed by atoms with E-state index in [-0.39, 0.29) is 11.8 Å². The maximum absolute atomic E-state index is 12.7. The van der Waals surface area contributed by atoms with Crippen LogP contribution in [0.1, 0.15) is 17.5 Å². The zero-order valence-corrected chi connectivity index (χ0v) is 14.2. The Morgan fingerprint density at radius 1 is 1.33 bits per heavy atom. The van der Waals surface area contributed by atoms with E-state index in [1.807, 2.05) is 29.2 Å². The highest BCUT2D eigenvalue weighted by Gasteiger charge is 2.66. The third-order valence-corrected chi connectivity index (χ3v) is 5.30. The average Bonchev–Trinajstić information content (AvgIpc) is 3.13. The minimum Gasteiger partial charge on any atom is -0.490 e. The average molecular weight is 325 g/mol. The number of aryl methyl sites for hydroxylation is 2. The van der Waals surface area contributed by atoms with E-state index >= 15 is 0 Å². The second-order valence-corrected chi connectivity index (χ2v) is 7.31. The Kier molecular flexibility index (Phi) is 3.36. The lowest BCUT2D eigenvalue weighted by Crippen LogP contribution is -2.41. The third kappa shape index (κ3) is 2.20. The summed E-state index contributed by atoms with van der Waals surface area (Å²) < 4.78 is 12.3. The second kappa shape index (κ2) is 5.21. The molecule has 0 aliphatic carbocycles. The molecule has 2 bridgehead atoms. The predicted octanol–water partition coefficient (Wildman–Crippen LogP) is 2.79. The lowest BCUT2D eigenvalue weighted by molar-refractivity contribution is -0.147. The minimum atomic E-state index is -0.769. The summed E-state index contributed by atoms with van der Waals surface area (Å²) in [6, 6.07) is 6.19. The van der Waals surface area contributed by atoms with Gasteiger partial charge >= 0.3 is 0 Å². The van der Waals surface area contributed by atoms with Crippen molar-refractivity contribution in [3.05, 3.63) is 54.1 Å². The summed E-state index contributed by atoms with van der Waals surface area (Å²) in [4.78, 5) is 14.6. The third-order valence-electron chi connectivity index (χ3n) is 5.30. The van der Waals surface area contributed by atoms with Crippen LogP contribution >= 0.6 is 0 Å². The number of hydrogen-bond acceptors (Lipinski definition) is 3. The molecule has 24 heavy (non-hydrogen) atoms. The van der Waals surface area contributed by atoms with Crippen LogP contribution in [0.4, 0.5) is 0 Å². The number of nitrogens with zero attached hydrogens (tertiary/aromatic N) is 1. The van der Waals surface area contributed by atoms with Crippen molar-refractivity contribution in [1.82, 2.24) is 4.90 Å². The van der Waals surface area contributed by atoms with Crippen LogP contribution in [0.15, 0.2) is 43.0 Å². The van der Waals surface area contributed by atoms with Gasteiger partial charge in [0.1, 0.15) is 18.0 Å². The number of likely N-dealkylation sites (tertiary alicyclic amines) is 1. The quantitative estimate of drug-likeness (QED) is 0.782. The molecule has 1 aromatic rings. The first kappa shape index (κ1) is 15.5. The van der Waals surface area contributed by atoms with Crippen LogP contribution in [-0.2, 0) is 9.53 Å². The van der Waals surface area contributed by atoms with Crippen molar-refractivity contribution in [2.24, 2.45) is 5.92 Å². The Labute approximate surface area is 142 Å². The Morgan fingerprint density at radius 2 is 2.08 bits per heavy atom. The number of carbonyl (C=O) groups is 1. The maximum atomic E-state index is 12.7. The number of rotatable bonds is 5. The van der Waals surface area contributed by atoms with Crippen LogP contribution in [0.3, 0.4) is 0 Å². The molecule has 0 saturated carbocycles. The van der Waals surface area contributed by atoms with Gasteiger partial charge in [0.05, 0.1) is 0 Å². The first-order valence-electron chi connectivity index (χ1n) is 8.48. The van der Waals surface area contributed by atoms with Gasteiger partial charge in [-0.05, 0) is 55.7 Å². The number of hydrogen-bond donors (Lipinski definition) is 0. The van der Waals surface area contributed by atoms with E-state index in [0.717, 1.165) is 18.7 Å². The highest BCUT2D eigenvalue weighted by Crippen LogP contribution is 2.53. The summed E-state index contributed by atoms with van der Waals surface area (Å²) in [5.74, 6) is 1.13. The largest absolute Gasteiger partial charge is 0.490 e. The maximum Gasteiger partial charge on any atom is 0.259 e. The van der Waals surface area contributed by atoms with E-state index in [9.17, 15) is 4.79 Å². The van der Waals surface area contributed by atoms with Gasteiger partial charge in [0.2, 0.25) is 0 Å². The van der Waals surface area contributed by atoms with E-state index in [1.165, 1.54) is 11.1 Å². The van der Waals surface area contributed by atoms with Gasteiger partial charge in [0.25, 0.3) is 5.91 Å². The fourth-order valence-corrected chi connectivity index (χ4v) is 4.34. The molecule has 4 heteroatoms. The van der Waals surface area contributed by atoms with E-state index in [2.05, 4.69) is 26.5 Å². The molecule has 2 fully saturated rings. The molecule has 1 aromatic carbocycles. The van der Waals surface area contributed by atoms with E-state index in [1.54, 1.807) is 6.08 Å². The van der Waals surface area contributed by atoms with Crippen LogP contribution < -0.4 is 4.74 Å². The van der Waals surface area contributed by atoms with Crippen molar-refractivity contribution < 1.29 is 14.3 Å². The molecule has 0 aromatic heterocycles. The first-order chi connectivity index (χ1) is 11.5. The summed E-state index contributed by atoms with van der Waals surface area (Å²) in [5, 5.41) is 0. The highest BCUT2D eigenvalue weighted by atomic mass is 16.6. The summed E-state index contributed by atoms with van der Waals surface area (Å²) in [5.41, 5.74) is 1.12. The van der Waals surface area contributed by atoms with Crippen molar-refractivity contribution in [3.63, 3.8) is 0 Å². The fourth-order valence-electron chi connectivity index (χ4n) is 4.34. The lowest BCUT2D eigenvalue weighted by Gasteiger charge is -2.26. The summed E-state index contributed by atoms with van der Waals surface area (Å²) >= 11 is 0. The van der Waals surface area contributed by atoms with Gasteiger partial charge in [-0.15, -0.1) is 6.58 Å². The zero-order valence-electron chi connectivity index (χ0n) is 14.2. The van der Waals surface area contributed by atoms with Crippen molar-refractivity contribution >= 4 is 5.91 Å². The molecule has 1 amide bonds. The molecule has 3 heterocycles. The van der Waals surface area contributed by atoms with Crippen LogP contribution in [0.2, 0.25) is 0 Å². The van der Waals surface area contributed by atoms with Gasteiger partial charge in [0, 0.05) is 19.0 Å². The number of benzene rings is 1. The summed E-state index contributed by atoms with van der Waals surface area (Å²) in [6.07, 6.45) is 6.58. The molecule has 3 atom stereocenters. The molecular weight excluding hydrogens is 302 g/mol. The molecule has 3 aliphatic rings. The second-order valence-electron chi connectivity index (χ2n) is 7.31. The van der Waals surface area contributed by atoms with Crippen LogP contribution in [0.25, 0.3) is 0 Å². The standard InChI is InChI=1S/C20H23NO3/c1-4-7-21-12-16-11-19(5-6-20(16,24-19)18(21)22)13-23-17-9-14(2)8-15(3)10-17/h4-6,8-10,16H,1,7,11-13H2,2-3H3/t16-,19-,20+/m0/s1. The molecule has 0 unspecified atom stereocenters. The van der Waals surface area contributed by atoms with Gasteiger partial charge < -0.3 is 14.4 Å². The molecular formula is C20H23NO3. The molecule has 1 spiro atoms. The van der Waals surface area contributed by atoms with Gasteiger partial charge in [-0.2, -0.15) is 0 Å². The van der Waals surface area contributed by atoms with E-state index in [0.29, 0.717) is 13.2 Å². The van der Waals surface area contributed by atoms with Crippen molar-refractivity contribution in [1.29, 1.82) is 0 Å². The van der Waals surface area contributed by atoms with E-state index < -0.39 is 11.2 Å². The van der Waals surface area contributed by atoms with Crippen molar-refractivity contribution in [2.45, 2.75) is 31.5 Å². The Bertz CT molecular complexity index is 720. The van der Waals surface area contributed by atoms with Crippen molar-refractivity contribution in [2.75, 3.05) is 19.7 Å². The number of fused-ring (bicyclic) bond motifs is 1. The highest BCUT2D eigenvalue weighted by molar-refractivity contribution is 5.92. The summed E-state index contributed by atoms with van der Waals surface area (Å²) in [7, 11) is 0. The van der Waals surface area contributed by atoms with Gasteiger partial charge in [-0.1, -0.05) is 12.1 Å². The monoisotopic (exact) mass is 325 g/mol. The Hall–Kier alpha value is -2.07. The van der Waals surface area contributed by atoms with Crippen LogP contribution in [0, 0.1) is 19.8 Å². The summed E-state index contributed by atoms with van der Waals surface area (Å²) in [6.45, 7) is 9.62. The zero-order chi connectivity index (χ0) is 16.9. The van der Waals surface area contributed by atoms with Gasteiger partial charge in [-0.3, -0.25) is 4.79 Å². The molecule has 4 nitrogen and oxygen atoms in total. The molecule has 4 rings (SSSR count). The number of carbonyl (C=O) groups excluding carboxylic acids is 1. The molecule has 2 saturated heterocycles. The minimum absolute atomic E-state index is 0.0643. The topological polar surface area (TPSA) is 38.8 Å².